The van der Waals surface area contributed by atoms with Crippen LogP contribution >= 0.6 is 11.8 Å². The van der Waals surface area contributed by atoms with Gasteiger partial charge in [-0.05, 0) is 6.92 Å². The second kappa shape index (κ2) is 7.09. The number of amidine groups is 1. The fraction of sp³-hybridized carbons (Fsp3) is 0.357. The molecule has 0 saturated carbocycles. The average Bonchev–Trinajstić information content (AvgIpc) is 2.92. The van der Waals surface area contributed by atoms with Crippen LogP contribution in [0, 0.1) is 6.92 Å². The number of amides is 2. The Balaban J connectivity index is 1.71. The number of rotatable bonds is 4. The maximum absolute atomic E-state index is 11.9. The monoisotopic (exact) mass is 291 g/mol. The number of ketones is 1. The molecule has 0 saturated heterocycles. The van der Waals surface area contributed by atoms with Crippen LogP contribution in [-0.4, -0.2) is 35.8 Å². The molecule has 106 valence electrons. The van der Waals surface area contributed by atoms with E-state index in [1.807, 2.05) is 31.2 Å². The Labute approximate surface area is 122 Å². The lowest BCUT2D eigenvalue weighted by atomic mass is 10.1. The van der Waals surface area contributed by atoms with Crippen LogP contribution in [-0.2, 0) is 0 Å². The van der Waals surface area contributed by atoms with Gasteiger partial charge in [-0.25, -0.2) is 4.79 Å². The van der Waals surface area contributed by atoms with Gasteiger partial charge in [-0.2, -0.15) is 0 Å². The number of nitrogens with zero attached hydrogens (tertiary/aromatic N) is 1. The fourth-order valence-electron chi connectivity index (χ4n) is 1.73. The van der Waals surface area contributed by atoms with Gasteiger partial charge in [-0.15, -0.1) is 0 Å². The lowest BCUT2D eigenvalue weighted by Crippen LogP contribution is -2.38. The molecule has 1 aromatic rings. The first-order chi connectivity index (χ1) is 9.65. The summed E-state index contributed by atoms with van der Waals surface area (Å²) in [4.78, 5) is 27.5. The molecule has 0 aromatic heterocycles. The van der Waals surface area contributed by atoms with Crippen LogP contribution in [0.15, 0.2) is 29.3 Å². The summed E-state index contributed by atoms with van der Waals surface area (Å²) in [5.74, 6) is 0.930. The first-order valence-electron chi connectivity index (χ1n) is 6.47. The highest BCUT2D eigenvalue weighted by Gasteiger charge is 2.11. The third kappa shape index (κ3) is 4.38. The molecular weight excluding hydrogens is 274 g/mol. The topological polar surface area (TPSA) is 70.6 Å². The molecule has 0 radical (unpaired) electrons. The van der Waals surface area contributed by atoms with Crippen LogP contribution in [0.3, 0.4) is 0 Å². The Kier molecular flexibility index (Phi) is 5.17. The molecule has 0 atom stereocenters. The molecule has 0 unspecified atom stereocenters. The summed E-state index contributed by atoms with van der Waals surface area (Å²) in [5, 5.41) is 5.95. The van der Waals surface area contributed by atoms with E-state index in [2.05, 4.69) is 15.6 Å². The van der Waals surface area contributed by atoms with Crippen molar-refractivity contribution in [2.24, 2.45) is 4.99 Å². The summed E-state index contributed by atoms with van der Waals surface area (Å²) in [5.41, 5.74) is 1.79. The van der Waals surface area contributed by atoms with Gasteiger partial charge in [0.2, 0.25) is 0 Å². The number of hydrogen-bond acceptors (Lipinski definition) is 4. The van der Waals surface area contributed by atoms with Gasteiger partial charge in [0.05, 0.1) is 6.54 Å². The van der Waals surface area contributed by atoms with Gasteiger partial charge < -0.3 is 5.32 Å². The largest absolute Gasteiger partial charge is 0.337 e. The standard InChI is InChI=1S/C14H17N3O2S/c1-10-2-4-11(5-3-10)12(18)6-7-15-13(19)17-14-16-8-9-20-14/h2-5H,6-9H2,1H3,(H2,15,16,17,19). The molecule has 0 spiro atoms. The summed E-state index contributed by atoms with van der Waals surface area (Å²) in [6.45, 7) is 3.03. The maximum Gasteiger partial charge on any atom is 0.320 e. The molecular formula is C14H17N3O2S. The minimum atomic E-state index is -0.310. The Hall–Kier alpha value is -1.82. The number of urea groups is 1. The van der Waals surface area contributed by atoms with Crippen LogP contribution in [0.4, 0.5) is 4.79 Å². The molecule has 0 aliphatic carbocycles. The SMILES string of the molecule is Cc1ccc(C(=O)CCNC(=O)NC2=NCCS2)cc1. The fourth-order valence-corrected chi connectivity index (χ4v) is 2.45. The van der Waals surface area contributed by atoms with E-state index in [1.165, 1.54) is 11.8 Å². The quantitative estimate of drug-likeness (QED) is 0.833. The zero-order valence-electron chi connectivity index (χ0n) is 11.3. The number of aliphatic imine (C=N–C) groups is 1. The van der Waals surface area contributed by atoms with Crippen molar-refractivity contribution in [3.8, 4) is 0 Å². The van der Waals surface area contributed by atoms with Gasteiger partial charge in [0.25, 0.3) is 0 Å². The van der Waals surface area contributed by atoms with Gasteiger partial charge in [0.1, 0.15) is 0 Å². The Morgan fingerprint density at radius 1 is 1.30 bits per heavy atom. The Morgan fingerprint density at radius 2 is 2.05 bits per heavy atom. The highest BCUT2D eigenvalue weighted by atomic mass is 32.2. The lowest BCUT2D eigenvalue weighted by Gasteiger charge is -2.06. The lowest BCUT2D eigenvalue weighted by molar-refractivity contribution is 0.0983. The van der Waals surface area contributed by atoms with E-state index < -0.39 is 0 Å². The van der Waals surface area contributed by atoms with Crippen molar-refractivity contribution in [3.05, 3.63) is 35.4 Å². The van der Waals surface area contributed by atoms with Crippen molar-refractivity contribution in [3.63, 3.8) is 0 Å². The number of nitrogens with one attached hydrogen (secondary N) is 2. The summed E-state index contributed by atoms with van der Waals surface area (Å²) in [7, 11) is 0. The summed E-state index contributed by atoms with van der Waals surface area (Å²) >= 11 is 1.52. The molecule has 1 aliphatic heterocycles. The third-order valence-corrected chi connectivity index (χ3v) is 3.71. The smallest absolute Gasteiger partial charge is 0.320 e. The normalized spacial score (nSPS) is 13.8. The molecule has 0 fully saturated rings. The highest BCUT2D eigenvalue weighted by molar-refractivity contribution is 8.14. The zero-order chi connectivity index (χ0) is 14.4. The van der Waals surface area contributed by atoms with Crippen molar-refractivity contribution >= 4 is 28.7 Å². The Morgan fingerprint density at radius 3 is 2.70 bits per heavy atom. The summed E-state index contributed by atoms with van der Waals surface area (Å²) < 4.78 is 0. The molecule has 2 N–H and O–H groups in total. The molecule has 6 heteroatoms. The second-order valence-electron chi connectivity index (χ2n) is 4.46. The number of carbonyl (C=O) groups excluding carboxylic acids is 2. The van der Waals surface area contributed by atoms with Crippen LogP contribution in [0.2, 0.25) is 0 Å². The average molecular weight is 291 g/mol. The van der Waals surface area contributed by atoms with E-state index in [-0.39, 0.29) is 18.2 Å². The number of hydrogen-bond donors (Lipinski definition) is 2. The number of carbonyl (C=O) groups is 2. The van der Waals surface area contributed by atoms with E-state index in [0.29, 0.717) is 17.3 Å². The van der Waals surface area contributed by atoms with E-state index in [4.69, 9.17) is 0 Å². The van der Waals surface area contributed by atoms with Gasteiger partial charge in [-0.1, -0.05) is 41.6 Å². The van der Waals surface area contributed by atoms with E-state index in [0.717, 1.165) is 17.9 Å². The van der Waals surface area contributed by atoms with Crippen molar-refractivity contribution in [2.75, 3.05) is 18.8 Å². The van der Waals surface area contributed by atoms with Gasteiger partial charge in [0.15, 0.2) is 11.0 Å². The van der Waals surface area contributed by atoms with Gasteiger partial charge in [-0.3, -0.25) is 15.1 Å². The Bertz CT molecular complexity index is 526. The summed E-state index contributed by atoms with van der Waals surface area (Å²) in [6, 6.07) is 7.12. The molecule has 1 heterocycles. The molecule has 5 nitrogen and oxygen atoms in total. The molecule has 2 rings (SSSR count). The van der Waals surface area contributed by atoms with E-state index in [1.54, 1.807) is 0 Å². The van der Waals surface area contributed by atoms with Crippen molar-refractivity contribution in [1.82, 2.24) is 10.6 Å². The number of aryl methyl sites for hydroxylation is 1. The number of benzene rings is 1. The van der Waals surface area contributed by atoms with Crippen LogP contribution in [0.5, 0.6) is 0 Å². The van der Waals surface area contributed by atoms with Crippen LogP contribution in [0.25, 0.3) is 0 Å². The predicted octanol–water partition coefficient (Wildman–Crippen LogP) is 1.97. The first kappa shape index (κ1) is 14.6. The highest BCUT2D eigenvalue weighted by Crippen LogP contribution is 2.08. The van der Waals surface area contributed by atoms with Crippen molar-refractivity contribution < 1.29 is 9.59 Å². The molecule has 20 heavy (non-hydrogen) atoms. The van der Waals surface area contributed by atoms with Gasteiger partial charge in [0, 0.05) is 24.3 Å². The van der Waals surface area contributed by atoms with Crippen LogP contribution in [0.1, 0.15) is 22.3 Å². The molecule has 2 amide bonds. The number of thioether (sulfide) groups is 1. The van der Waals surface area contributed by atoms with Crippen molar-refractivity contribution in [1.29, 1.82) is 0 Å². The van der Waals surface area contributed by atoms with Crippen molar-refractivity contribution in [2.45, 2.75) is 13.3 Å². The minimum absolute atomic E-state index is 0.0258. The van der Waals surface area contributed by atoms with E-state index >= 15 is 0 Å². The minimum Gasteiger partial charge on any atom is -0.337 e. The van der Waals surface area contributed by atoms with Gasteiger partial charge >= 0.3 is 6.03 Å². The molecule has 1 aromatic carbocycles. The van der Waals surface area contributed by atoms with E-state index in [9.17, 15) is 9.59 Å². The second-order valence-corrected chi connectivity index (χ2v) is 5.54. The molecule has 1 aliphatic rings. The predicted molar refractivity (Wildman–Crippen MR) is 81.4 cm³/mol. The maximum atomic E-state index is 11.9. The van der Waals surface area contributed by atoms with Crippen LogP contribution < -0.4 is 10.6 Å². The first-order valence-corrected chi connectivity index (χ1v) is 7.45. The summed E-state index contributed by atoms with van der Waals surface area (Å²) in [6.07, 6.45) is 0.288. The zero-order valence-corrected chi connectivity index (χ0v) is 12.1. The number of Topliss-reactive ketones (excluding diaryl/α,β-unsaturated/α-hetero) is 1. The third-order valence-electron chi connectivity index (χ3n) is 2.82. The molecule has 0 bridgehead atoms.